The molecule has 10 nitrogen and oxygen atoms in total. The average molecular weight is 422 g/mol. The van der Waals surface area contributed by atoms with Crippen molar-refractivity contribution in [3.8, 4) is 0 Å². The van der Waals surface area contributed by atoms with Crippen molar-refractivity contribution in [2.75, 3.05) is 0 Å². The van der Waals surface area contributed by atoms with E-state index in [1.54, 1.807) is 0 Å². The normalized spacial score (nSPS) is 32.1. The summed E-state index contributed by atoms with van der Waals surface area (Å²) >= 11 is 0. The zero-order valence-electron chi connectivity index (χ0n) is 16.6. The van der Waals surface area contributed by atoms with E-state index >= 15 is 0 Å². The molecule has 0 aromatic carbocycles. The van der Waals surface area contributed by atoms with E-state index < -0.39 is 95.0 Å². The minimum Gasteiger partial charge on any atom is -0.481 e. The summed E-state index contributed by atoms with van der Waals surface area (Å²) in [5.74, 6) is -12.6. The molecule has 0 aliphatic heterocycles. The zero-order valence-corrected chi connectivity index (χ0v) is 16.6. The molecule has 2 aliphatic carbocycles. The molecule has 2 saturated carbocycles. The lowest BCUT2D eigenvalue weighted by Gasteiger charge is -2.48. The first kappa shape index (κ1) is 23.2. The molecule has 2 rings (SSSR count). The van der Waals surface area contributed by atoms with Crippen molar-refractivity contribution in [3.63, 3.8) is 0 Å². The van der Waals surface area contributed by atoms with Gasteiger partial charge in [0.1, 0.15) is 11.8 Å². The van der Waals surface area contributed by atoms with Crippen LogP contribution in [0.4, 0.5) is 0 Å². The summed E-state index contributed by atoms with van der Waals surface area (Å²) in [6, 6.07) is 0. The van der Waals surface area contributed by atoms with Gasteiger partial charge in [-0.15, -0.1) is 0 Å². The molecule has 0 heterocycles. The van der Waals surface area contributed by atoms with Gasteiger partial charge in [-0.05, 0) is 0 Å². The highest BCUT2D eigenvalue weighted by Gasteiger charge is 2.69. The Kier molecular flexibility index (Phi) is 6.20. The van der Waals surface area contributed by atoms with Crippen molar-refractivity contribution in [1.29, 1.82) is 0 Å². The van der Waals surface area contributed by atoms with E-state index in [0.717, 1.165) is 0 Å². The Hall–Kier alpha value is -3.04. The predicted molar refractivity (Wildman–Crippen MR) is 96.2 cm³/mol. The third-order valence-electron chi connectivity index (χ3n) is 6.27. The fraction of sp³-hybridized carbons (Fsp3) is 0.600. The Balaban J connectivity index is 2.62. The molecule has 0 bridgehead atoms. The summed E-state index contributed by atoms with van der Waals surface area (Å²) in [4.78, 5) is 98.8. The molecule has 0 aromatic heterocycles. The second-order valence-electron chi connectivity index (χ2n) is 7.85. The highest BCUT2D eigenvalue weighted by atomic mass is 16.4. The van der Waals surface area contributed by atoms with Crippen LogP contribution in [-0.4, -0.2) is 56.9 Å². The van der Waals surface area contributed by atoms with Gasteiger partial charge in [-0.1, -0.05) is 13.8 Å². The third-order valence-corrected chi connectivity index (χ3v) is 6.27. The fourth-order valence-corrected chi connectivity index (χ4v) is 4.60. The van der Waals surface area contributed by atoms with Gasteiger partial charge in [-0.3, -0.25) is 38.4 Å². The molecule has 2 fully saturated rings. The molecule has 0 unspecified atom stereocenters. The summed E-state index contributed by atoms with van der Waals surface area (Å²) in [5, 5.41) is 19.8. The molecule has 0 atom stereocenters. The van der Waals surface area contributed by atoms with Crippen molar-refractivity contribution in [2.24, 2.45) is 22.7 Å². The number of rotatable bonds is 7. The van der Waals surface area contributed by atoms with Gasteiger partial charge in [0.2, 0.25) is 0 Å². The quantitative estimate of drug-likeness (QED) is 0.538. The highest BCUT2D eigenvalue weighted by Crippen LogP contribution is 2.56. The minimum atomic E-state index is -2.58. The molecule has 0 saturated heterocycles. The van der Waals surface area contributed by atoms with Crippen LogP contribution in [0.5, 0.6) is 0 Å². The van der Waals surface area contributed by atoms with E-state index in [9.17, 15) is 48.6 Å². The van der Waals surface area contributed by atoms with Gasteiger partial charge >= 0.3 is 11.9 Å². The maximum absolute atomic E-state index is 12.6. The van der Waals surface area contributed by atoms with E-state index in [-0.39, 0.29) is 12.8 Å². The Morgan fingerprint density at radius 1 is 0.667 bits per heavy atom. The molecular weight excluding hydrogens is 400 g/mol. The van der Waals surface area contributed by atoms with Crippen molar-refractivity contribution >= 4 is 46.6 Å². The number of hydrogen-bond donors (Lipinski definition) is 2. The van der Waals surface area contributed by atoms with Gasteiger partial charge in [0.25, 0.3) is 0 Å². The predicted octanol–water partition coefficient (Wildman–Crippen LogP) is 0.183. The summed E-state index contributed by atoms with van der Waals surface area (Å²) in [6.45, 7) is 2.84. The summed E-state index contributed by atoms with van der Waals surface area (Å²) < 4.78 is 0. The average Bonchev–Trinajstić information content (AvgIpc) is 2.65. The SMILES string of the molecule is CCC(=O)C1C(=O)CC(C(=O)O)(C2(C(=O)O)CC(=O)C(C(=O)CC)C(=O)C2)CC1=O. The number of aliphatic carboxylic acids is 2. The number of carbonyl (C=O) groups excluding carboxylic acids is 6. The standard InChI is InChI=1S/C20H22O10/c1-3-9(21)15-11(23)5-19(17(27)28,6-12(15)24)20(18(29)30)7-13(25)16(10(22)4-2)14(26)8-20/h15-16H,3-8H2,1-2H3,(H,27,28)(H,29,30). The first-order valence-corrected chi connectivity index (χ1v) is 9.51. The Bertz CT molecular complexity index is 772. The molecule has 0 radical (unpaired) electrons. The van der Waals surface area contributed by atoms with Crippen LogP contribution in [0.15, 0.2) is 0 Å². The van der Waals surface area contributed by atoms with Crippen LogP contribution >= 0.6 is 0 Å². The van der Waals surface area contributed by atoms with Crippen LogP contribution in [0.1, 0.15) is 52.4 Å². The number of carbonyl (C=O) groups is 8. The van der Waals surface area contributed by atoms with Crippen LogP contribution in [0, 0.1) is 22.7 Å². The van der Waals surface area contributed by atoms with Gasteiger partial charge in [0.15, 0.2) is 34.7 Å². The van der Waals surface area contributed by atoms with E-state index in [4.69, 9.17) is 0 Å². The maximum Gasteiger partial charge on any atom is 0.311 e. The molecule has 2 aliphatic rings. The van der Waals surface area contributed by atoms with Gasteiger partial charge in [-0.2, -0.15) is 0 Å². The lowest BCUT2D eigenvalue weighted by Crippen LogP contribution is -2.62. The first-order valence-electron chi connectivity index (χ1n) is 9.51. The fourth-order valence-electron chi connectivity index (χ4n) is 4.60. The van der Waals surface area contributed by atoms with Crippen LogP contribution in [0.25, 0.3) is 0 Å². The number of hydrogen-bond acceptors (Lipinski definition) is 8. The minimum absolute atomic E-state index is 0.149. The largest absolute Gasteiger partial charge is 0.481 e. The van der Waals surface area contributed by atoms with Gasteiger partial charge in [0, 0.05) is 38.5 Å². The smallest absolute Gasteiger partial charge is 0.311 e. The monoisotopic (exact) mass is 422 g/mol. The van der Waals surface area contributed by atoms with Crippen molar-refractivity contribution in [3.05, 3.63) is 0 Å². The molecule has 0 amide bonds. The summed E-state index contributed by atoms with van der Waals surface area (Å²) in [5.41, 5.74) is -5.16. The lowest BCUT2D eigenvalue weighted by molar-refractivity contribution is -0.187. The van der Waals surface area contributed by atoms with Gasteiger partial charge in [0.05, 0.1) is 10.8 Å². The number of ketones is 6. The highest BCUT2D eigenvalue weighted by molar-refractivity contribution is 6.25. The van der Waals surface area contributed by atoms with Crippen LogP contribution in [0.3, 0.4) is 0 Å². The first-order chi connectivity index (χ1) is 13.9. The molecule has 10 heteroatoms. The van der Waals surface area contributed by atoms with E-state index in [0.29, 0.717) is 0 Å². The Labute approximate surface area is 171 Å². The van der Waals surface area contributed by atoms with Crippen LogP contribution in [-0.2, 0) is 38.4 Å². The summed E-state index contributed by atoms with van der Waals surface area (Å²) in [7, 11) is 0. The Morgan fingerprint density at radius 2 is 0.900 bits per heavy atom. The molecule has 30 heavy (non-hydrogen) atoms. The van der Waals surface area contributed by atoms with Crippen LogP contribution < -0.4 is 0 Å². The van der Waals surface area contributed by atoms with E-state index in [2.05, 4.69) is 0 Å². The topological polar surface area (TPSA) is 177 Å². The molecular formula is C20H22O10. The second kappa shape index (κ2) is 8.00. The van der Waals surface area contributed by atoms with Crippen molar-refractivity contribution in [2.45, 2.75) is 52.4 Å². The van der Waals surface area contributed by atoms with Crippen LogP contribution in [0.2, 0.25) is 0 Å². The van der Waals surface area contributed by atoms with E-state index in [1.807, 2.05) is 0 Å². The number of Topliss-reactive ketones (excluding diaryl/α,β-unsaturated/α-hetero) is 6. The number of carboxylic acid groups (broad SMARTS) is 2. The van der Waals surface area contributed by atoms with Crippen molar-refractivity contribution in [1.82, 2.24) is 0 Å². The van der Waals surface area contributed by atoms with Crippen molar-refractivity contribution < 1.29 is 48.6 Å². The molecule has 0 spiro atoms. The van der Waals surface area contributed by atoms with E-state index in [1.165, 1.54) is 13.8 Å². The molecule has 162 valence electrons. The van der Waals surface area contributed by atoms with Gasteiger partial charge in [-0.25, -0.2) is 0 Å². The lowest BCUT2D eigenvalue weighted by atomic mass is 9.49. The molecule has 0 aromatic rings. The number of carboxylic acids is 2. The third kappa shape index (κ3) is 3.29. The maximum atomic E-state index is 12.6. The summed E-state index contributed by atoms with van der Waals surface area (Å²) in [6.07, 6.45) is -4.23. The Morgan fingerprint density at radius 3 is 1.07 bits per heavy atom. The molecule has 2 N–H and O–H groups in total. The van der Waals surface area contributed by atoms with Gasteiger partial charge < -0.3 is 10.2 Å². The zero-order chi connectivity index (χ0) is 23.0. The second-order valence-corrected chi connectivity index (χ2v) is 7.85.